The molecule has 1 rings (SSSR count). The standard InChI is InChI=1S/C10H18N2O4/c1-7(2)8(11-10(14)15)9(13)12-3-5-16-6-4-12/h7-8,11H,3-6H2,1-2H3,(H,14,15)/t8-/m0/s1. The number of amides is 2. The van der Waals surface area contributed by atoms with E-state index in [1.807, 2.05) is 13.8 Å². The van der Waals surface area contributed by atoms with Crippen molar-refractivity contribution in [2.75, 3.05) is 26.3 Å². The van der Waals surface area contributed by atoms with Gasteiger partial charge in [0.05, 0.1) is 13.2 Å². The molecule has 0 unspecified atom stereocenters. The van der Waals surface area contributed by atoms with Crippen LogP contribution in [-0.2, 0) is 9.53 Å². The fraction of sp³-hybridized carbons (Fsp3) is 0.800. The first kappa shape index (κ1) is 12.8. The average molecular weight is 230 g/mol. The maximum atomic E-state index is 12.0. The molecule has 16 heavy (non-hydrogen) atoms. The highest BCUT2D eigenvalue weighted by Gasteiger charge is 2.29. The average Bonchev–Trinajstić information content (AvgIpc) is 2.25. The number of rotatable bonds is 3. The van der Waals surface area contributed by atoms with Gasteiger partial charge in [-0.3, -0.25) is 4.79 Å². The Labute approximate surface area is 94.6 Å². The van der Waals surface area contributed by atoms with E-state index in [-0.39, 0.29) is 11.8 Å². The lowest BCUT2D eigenvalue weighted by Gasteiger charge is -2.31. The van der Waals surface area contributed by atoms with Crippen molar-refractivity contribution < 1.29 is 19.4 Å². The zero-order valence-corrected chi connectivity index (χ0v) is 9.60. The fourth-order valence-electron chi connectivity index (χ4n) is 1.63. The number of morpholine rings is 1. The number of hydrogen-bond donors (Lipinski definition) is 2. The fourth-order valence-corrected chi connectivity index (χ4v) is 1.63. The number of carboxylic acid groups (broad SMARTS) is 1. The smallest absolute Gasteiger partial charge is 0.405 e. The molecule has 0 aromatic carbocycles. The van der Waals surface area contributed by atoms with E-state index in [2.05, 4.69) is 5.32 Å². The van der Waals surface area contributed by atoms with Gasteiger partial charge in [-0.2, -0.15) is 0 Å². The van der Waals surface area contributed by atoms with Crippen LogP contribution < -0.4 is 5.32 Å². The van der Waals surface area contributed by atoms with Crippen molar-refractivity contribution in [2.24, 2.45) is 5.92 Å². The summed E-state index contributed by atoms with van der Waals surface area (Å²) in [6, 6.07) is -0.671. The Kier molecular flexibility index (Phi) is 4.54. The Hall–Kier alpha value is -1.30. The first-order chi connectivity index (χ1) is 7.52. The van der Waals surface area contributed by atoms with Crippen LogP contribution in [0, 0.1) is 5.92 Å². The second-order valence-electron chi connectivity index (χ2n) is 4.11. The van der Waals surface area contributed by atoms with Gasteiger partial charge in [-0.05, 0) is 5.92 Å². The van der Waals surface area contributed by atoms with Crippen molar-refractivity contribution in [2.45, 2.75) is 19.9 Å². The van der Waals surface area contributed by atoms with E-state index >= 15 is 0 Å². The third kappa shape index (κ3) is 3.37. The van der Waals surface area contributed by atoms with Crippen LogP contribution in [0.2, 0.25) is 0 Å². The molecule has 0 aromatic rings. The molecule has 1 aliphatic rings. The Bertz CT molecular complexity index is 262. The summed E-state index contributed by atoms with van der Waals surface area (Å²) < 4.78 is 5.14. The lowest BCUT2D eigenvalue weighted by Crippen LogP contribution is -2.53. The highest BCUT2D eigenvalue weighted by molar-refractivity contribution is 5.85. The van der Waals surface area contributed by atoms with Crippen LogP contribution in [0.3, 0.4) is 0 Å². The van der Waals surface area contributed by atoms with Gasteiger partial charge in [-0.15, -0.1) is 0 Å². The van der Waals surface area contributed by atoms with Crippen LogP contribution in [0.1, 0.15) is 13.8 Å². The minimum atomic E-state index is -1.17. The maximum Gasteiger partial charge on any atom is 0.405 e. The highest BCUT2D eigenvalue weighted by atomic mass is 16.5. The van der Waals surface area contributed by atoms with Crippen molar-refractivity contribution >= 4 is 12.0 Å². The summed E-state index contributed by atoms with van der Waals surface area (Å²) in [4.78, 5) is 24.3. The molecule has 0 aromatic heterocycles. The van der Waals surface area contributed by atoms with Gasteiger partial charge in [-0.1, -0.05) is 13.8 Å². The number of nitrogens with one attached hydrogen (secondary N) is 1. The molecule has 1 aliphatic heterocycles. The van der Waals surface area contributed by atoms with Gasteiger partial charge in [-0.25, -0.2) is 4.79 Å². The van der Waals surface area contributed by atoms with Gasteiger partial charge >= 0.3 is 6.09 Å². The molecule has 0 spiro atoms. The minimum Gasteiger partial charge on any atom is -0.465 e. The zero-order valence-electron chi connectivity index (χ0n) is 9.60. The van der Waals surface area contributed by atoms with E-state index < -0.39 is 12.1 Å². The van der Waals surface area contributed by atoms with Crippen LogP contribution in [0.4, 0.5) is 4.79 Å². The van der Waals surface area contributed by atoms with E-state index in [9.17, 15) is 9.59 Å². The topological polar surface area (TPSA) is 78.9 Å². The van der Waals surface area contributed by atoms with Crippen molar-refractivity contribution in [3.05, 3.63) is 0 Å². The quantitative estimate of drug-likeness (QED) is 0.722. The van der Waals surface area contributed by atoms with Crippen LogP contribution in [0.5, 0.6) is 0 Å². The van der Waals surface area contributed by atoms with Crippen molar-refractivity contribution in [3.63, 3.8) is 0 Å². The summed E-state index contributed by atoms with van der Waals surface area (Å²) in [7, 11) is 0. The summed E-state index contributed by atoms with van der Waals surface area (Å²) in [5.74, 6) is -0.229. The Balaban J connectivity index is 2.61. The Morgan fingerprint density at radius 2 is 1.88 bits per heavy atom. The molecule has 1 saturated heterocycles. The van der Waals surface area contributed by atoms with Gasteiger partial charge in [0.2, 0.25) is 5.91 Å². The summed E-state index contributed by atoms with van der Waals surface area (Å²) in [5, 5.41) is 10.9. The summed E-state index contributed by atoms with van der Waals surface area (Å²) in [6.07, 6.45) is -1.17. The summed E-state index contributed by atoms with van der Waals surface area (Å²) >= 11 is 0. The van der Waals surface area contributed by atoms with Crippen LogP contribution in [0.15, 0.2) is 0 Å². The normalized spacial score (nSPS) is 18.3. The Morgan fingerprint density at radius 3 is 2.31 bits per heavy atom. The van der Waals surface area contributed by atoms with Gasteiger partial charge in [0.25, 0.3) is 0 Å². The SMILES string of the molecule is CC(C)[C@H](NC(=O)O)C(=O)N1CCOCC1. The molecule has 1 fully saturated rings. The summed E-state index contributed by atoms with van der Waals surface area (Å²) in [5.41, 5.74) is 0. The lowest BCUT2D eigenvalue weighted by atomic mass is 10.0. The van der Waals surface area contributed by atoms with Crippen molar-refractivity contribution in [3.8, 4) is 0 Å². The molecule has 1 atom stereocenters. The van der Waals surface area contributed by atoms with Gasteiger partial charge in [0, 0.05) is 13.1 Å². The van der Waals surface area contributed by atoms with Gasteiger partial charge in [0.15, 0.2) is 0 Å². The number of ether oxygens (including phenoxy) is 1. The molecule has 0 saturated carbocycles. The molecular formula is C10H18N2O4. The van der Waals surface area contributed by atoms with E-state index in [0.717, 1.165) is 0 Å². The second-order valence-corrected chi connectivity index (χ2v) is 4.11. The molecule has 2 amide bonds. The van der Waals surface area contributed by atoms with Gasteiger partial charge < -0.3 is 20.1 Å². The van der Waals surface area contributed by atoms with E-state index in [1.54, 1.807) is 4.90 Å². The van der Waals surface area contributed by atoms with Crippen LogP contribution in [0.25, 0.3) is 0 Å². The number of carbonyl (C=O) groups is 2. The molecule has 0 radical (unpaired) electrons. The van der Waals surface area contributed by atoms with Crippen LogP contribution in [-0.4, -0.2) is 54.4 Å². The molecule has 6 heteroatoms. The number of hydrogen-bond acceptors (Lipinski definition) is 3. The second kappa shape index (κ2) is 5.69. The first-order valence-electron chi connectivity index (χ1n) is 5.38. The Morgan fingerprint density at radius 1 is 1.31 bits per heavy atom. The zero-order chi connectivity index (χ0) is 12.1. The lowest BCUT2D eigenvalue weighted by molar-refractivity contribution is -0.138. The molecule has 6 nitrogen and oxygen atoms in total. The minimum absolute atomic E-state index is 0.0635. The third-order valence-electron chi connectivity index (χ3n) is 2.53. The number of carbonyl (C=O) groups excluding carboxylic acids is 1. The maximum absolute atomic E-state index is 12.0. The predicted molar refractivity (Wildman–Crippen MR) is 57.2 cm³/mol. The predicted octanol–water partition coefficient (Wildman–Crippen LogP) is 0.137. The van der Waals surface area contributed by atoms with E-state index in [0.29, 0.717) is 26.3 Å². The van der Waals surface area contributed by atoms with Crippen molar-refractivity contribution in [1.29, 1.82) is 0 Å². The van der Waals surface area contributed by atoms with E-state index in [4.69, 9.17) is 9.84 Å². The largest absolute Gasteiger partial charge is 0.465 e. The molecule has 1 heterocycles. The summed E-state index contributed by atoms with van der Waals surface area (Å²) in [6.45, 7) is 5.73. The monoisotopic (exact) mass is 230 g/mol. The third-order valence-corrected chi connectivity index (χ3v) is 2.53. The number of nitrogens with zero attached hydrogens (tertiary/aromatic N) is 1. The molecule has 0 bridgehead atoms. The van der Waals surface area contributed by atoms with E-state index in [1.165, 1.54) is 0 Å². The van der Waals surface area contributed by atoms with Gasteiger partial charge in [0.1, 0.15) is 6.04 Å². The first-order valence-corrected chi connectivity index (χ1v) is 5.38. The molecule has 92 valence electrons. The van der Waals surface area contributed by atoms with Crippen molar-refractivity contribution in [1.82, 2.24) is 10.2 Å². The molecule has 2 N–H and O–H groups in total. The molecule has 0 aliphatic carbocycles. The molecular weight excluding hydrogens is 212 g/mol. The highest BCUT2D eigenvalue weighted by Crippen LogP contribution is 2.08. The van der Waals surface area contributed by atoms with Crippen LogP contribution >= 0.6 is 0 Å².